The van der Waals surface area contributed by atoms with Crippen LogP contribution in [0.15, 0.2) is 23.4 Å². The van der Waals surface area contributed by atoms with Crippen LogP contribution in [0.1, 0.15) is 48.1 Å². The quantitative estimate of drug-likeness (QED) is 0.914. The first-order chi connectivity index (χ1) is 11.8. The molecule has 1 unspecified atom stereocenters. The highest BCUT2D eigenvalue weighted by molar-refractivity contribution is 6.01. The minimum Gasteiger partial charge on any atom is -0.333 e. The first kappa shape index (κ1) is 17.5. The number of likely N-dealkylation sites (N-methyl/N-ethyl adjacent to an activating group) is 1. The number of carbonyl (C=O) groups is 2. The lowest BCUT2D eigenvalue weighted by Gasteiger charge is -2.32. The summed E-state index contributed by atoms with van der Waals surface area (Å²) in [6.07, 6.45) is 2.02. The fraction of sp³-hybridized carbons (Fsp3) is 0.500. The number of rotatable bonds is 4. The highest BCUT2D eigenvalue weighted by Crippen LogP contribution is 2.37. The second-order valence-electron chi connectivity index (χ2n) is 7.18. The lowest BCUT2D eigenvalue weighted by atomic mass is 9.90. The average molecular weight is 341 g/mol. The fourth-order valence-corrected chi connectivity index (χ4v) is 3.68. The van der Waals surface area contributed by atoms with Gasteiger partial charge in [0.25, 0.3) is 5.91 Å². The van der Waals surface area contributed by atoms with Crippen molar-refractivity contribution in [3.63, 3.8) is 0 Å². The van der Waals surface area contributed by atoms with Gasteiger partial charge in [-0.05, 0) is 49.4 Å². The van der Waals surface area contributed by atoms with Crippen molar-refractivity contribution in [3.05, 3.63) is 45.7 Å². The molecule has 5 nitrogen and oxygen atoms in total. The molecule has 0 bridgehead atoms. The second kappa shape index (κ2) is 6.54. The number of amides is 3. The molecule has 0 aliphatic carbocycles. The van der Waals surface area contributed by atoms with E-state index in [9.17, 15) is 9.59 Å². The standard InChI is InChI=1S/C20H27N3O2/c1-6-7-8-23-11-16-17(19(23)24)18(21-20(25)22(16)5)15-10-13(3)12(2)9-14(15)4/h9-10,18H,6-8,11H2,1-5H3,(H,21,25). The van der Waals surface area contributed by atoms with Crippen molar-refractivity contribution in [3.8, 4) is 0 Å². The SMILES string of the molecule is CCCCN1CC2=C(C1=O)C(c1cc(C)c(C)cc1C)NC(=O)N2C. The lowest BCUT2D eigenvalue weighted by Crippen LogP contribution is -2.45. The Morgan fingerprint density at radius 1 is 1.12 bits per heavy atom. The number of urea groups is 1. The number of nitrogens with one attached hydrogen (secondary N) is 1. The molecular formula is C20H27N3O2. The van der Waals surface area contributed by atoms with Gasteiger partial charge in [0.2, 0.25) is 0 Å². The summed E-state index contributed by atoms with van der Waals surface area (Å²) in [6, 6.07) is 3.72. The highest BCUT2D eigenvalue weighted by Gasteiger charge is 2.42. The van der Waals surface area contributed by atoms with Crippen molar-refractivity contribution < 1.29 is 9.59 Å². The van der Waals surface area contributed by atoms with Crippen LogP contribution in [0, 0.1) is 20.8 Å². The summed E-state index contributed by atoms with van der Waals surface area (Å²) < 4.78 is 0. The summed E-state index contributed by atoms with van der Waals surface area (Å²) >= 11 is 0. The maximum atomic E-state index is 13.0. The highest BCUT2D eigenvalue weighted by atomic mass is 16.2. The largest absolute Gasteiger partial charge is 0.333 e. The van der Waals surface area contributed by atoms with Crippen LogP contribution in [0.5, 0.6) is 0 Å². The van der Waals surface area contributed by atoms with E-state index in [-0.39, 0.29) is 18.0 Å². The topological polar surface area (TPSA) is 52.7 Å². The Morgan fingerprint density at radius 2 is 1.80 bits per heavy atom. The molecular weight excluding hydrogens is 314 g/mol. The third-order valence-corrected chi connectivity index (χ3v) is 5.41. The van der Waals surface area contributed by atoms with Gasteiger partial charge >= 0.3 is 6.03 Å². The number of aryl methyl sites for hydroxylation is 3. The number of hydrogen-bond donors (Lipinski definition) is 1. The molecule has 1 N–H and O–H groups in total. The Bertz CT molecular complexity index is 766. The van der Waals surface area contributed by atoms with Crippen LogP contribution in [-0.2, 0) is 4.79 Å². The van der Waals surface area contributed by atoms with Gasteiger partial charge < -0.3 is 10.2 Å². The van der Waals surface area contributed by atoms with E-state index in [4.69, 9.17) is 0 Å². The smallest absolute Gasteiger partial charge is 0.322 e. The van der Waals surface area contributed by atoms with Crippen LogP contribution >= 0.6 is 0 Å². The number of hydrogen-bond acceptors (Lipinski definition) is 2. The molecule has 0 spiro atoms. The molecule has 1 aromatic carbocycles. The zero-order valence-electron chi connectivity index (χ0n) is 15.8. The van der Waals surface area contributed by atoms with E-state index in [0.717, 1.165) is 41.8 Å². The van der Waals surface area contributed by atoms with E-state index < -0.39 is 0 Å². The minimum absolute atomic E-state index is 0.0536. The van der Waals surface area contributed by atoms with Gasteiger partial charge in [0.1, 0.15) is 0 Å². The van der Waals surface area contributed by atoms with E-state index in [1.165, 1.54) is 11.1 Å². The van der Waals surface area contributed by atoms with Gasteiger partial charge in [-0.25, -0.2) is 4.79 Å². The van der Waals surface area contributed by atoms with Crippen molar-refractivity contribution >= 4 is 11.9 Å². The molecule has 5 heteroatoms. The predicted octanol–water partition coefficient (Wildman–Crippen LogP) is 3.20. The van der Waals surface area contributed by atoms with Crippen LogP contribution in [0.25, 0.3) is 0 Å². The van der Waals surface area contributed by atoms with Crippen molar-refractivity contribution in [2.24, 2.45) is 0 Å². The zero-order valence-corrected chi connectivity index (χ0v) is 15.8. The van der Waals surface area contributed by atoms with Crippen LogP contribution in [0.4, 0.5) is 4.79 Å². The molecule has 3 rings (SSSR count). The molecule has 2 aliphatic heterocycles. The van der Waals surface area contributed by atoms with E-state index in [2.05, 4.69) is 38.2 Å². The lowest BCUT2D eigenvalue weighted by molar-refractivity contribution is -0.125. The normalized spacial score (nSPS) is 20.3. The summed E-state index contributed by atoms with van der Waals surface area (Å²) in [4.78, 5) is 29.0. The third-order valence-electron chi connectivity index (χ3n) is 5.41. The first-order valence-electron chi connectivity index (χ1n) is 8.99. The van der Waals surface area contributed by atoms with Crippen LogP contribution in [-0.4, -0.2) is 41.9 Å². The molecule has 25 heavy (non-hydrogen) atoms. The molecule has 0 saturated carbocycles. The Balaban J connectivity index is 2.04. The number of benzene rings is 1. The summed E-state index contributed by atoms with van der Waals surface area (Å²) in [5, 5.41) is 3.03. The van der Waals surface area contributed by atoms with Crippen molar-refractivity contribution in [2.45, 2.75) is 46.6 Å². The molecule has 134 valence electrons. The van der Waals surface area contributed by atoms with Gasteiger partial charge in [0.05, 0.1) is 23.9 Å². The van der Waals surface area contributed by atoms with Gasteiger partial charge in [0.15, 0.2) is 0 Å². The van der Waals surface area contributed by atoms with Gasteiger partial charge in [-0.2, -0.15) is 0 Å². The molecule has 1 aromatic rings. The second-order valence-corrected chi connectivity index (χ2v) is 7.18. The maximum absolute atomic E-state index is 13.0. The van der Waals surface area contributed by atoms with Crippen molar-refractivity contribution in [1.29, 1.82) is 0 Å². The van der Waals surface area contributed by atoms with Gasteiger partial charge in [-0.3, -0.25) is 9.69 Å². The molecule has 1 atom stereocenters. The molecule has 3 amide bonds. The fourth-order valence-electron chi connectivity index (χ4n) is 3.68. The molecule has 0 fully saturated rings. The maximum Gasteiger partial charge on any atom is 0.322 e. The van der Waals surface area contributed by atoms with Crippen LogP contribution in [0.2, 0.25) is 0 Å². The predicted molar refractivity (Wildman–Crippen MR) is 98.2 cm³/mol. The Kier molecular flexibility index (Phi) is 4.58. The Morgan fingerprint density at radius 3 is 2.48 bits per heavy atom. The average Bonchev–Trinajstić information content (AvgIpc) is 2.90. The summed E-state index contributed by atoms with van der Waals surface area (Å²) in [5.41, 5.74) is 6.07. The van der Waals surface area contributed by atoms with Gasteiger partial charge in [-0.15, -0.1) is 0 Å². The number of carbonyl (C=O) groups excluding carboxylic acids is 2. The molecule has 0 saturated heterocycles. The summed E-state index contributed by atoms with van der Waals surface area (Å²) in [5.74, 6) is 0.0536. The summed E-state index contributed by atoms with van der Waals surface area (Å²) in [6.45, 7) is 9.57. The molecule has 2 heterocycles. The van der Waals surface area contributed by atoms with Crippen molar-refractivity contribution in [1.82, 2.24) is 15.1 Å². The van der Waals surface area contributed by atoms with E-state index in [0.29, 0.717) is 6.54 Å². The first-order valence-corrected chi connectivity index (χ1v) is 8.99. The minimum atomic E-state index is -0.364. The van der Waals surface area contributed by atoms with Crippen LogP contribution in [0.3, 0.4) is 0 Å². The monoisotopic (exact) mass is 341 g/mol. The Hall–Kier alpha value is -2.30. The van der Waals surface area contributed by atoms with Crippen LogP contribution < -0.4 is 5.32 Å². The number of unbranched alkanes of at least 4 members (excludes halogenated alkanes) is 1. The Labute approximate surface area is 149 Å². The van der Waals surface area contributed by atoms with E-state index in [1.807, 2.05) is 11.8 Å². The van der Waals surface area contributed by atoms with E-state index in [1.54, 1.807) is 11.9 Å². The van der Waals surface area contributed by atoms with Crippen molar-refractivity contribution in [2.75, 3.05) is 20.1 Å². The van der Waals surface area contributed by atoms with E-state index >= 15 is 0 Å². The number of nitrogens with zero attached hydrogens (tertiary/aromatic N) is 2. The zero-order chi connectivity index (χ0) is 18.3. The molecule has 2 aliphatic rings. The summed E-state index contributed by atoms with van der Waals surface area (Å²) in [7, 11) is 1.74. The van der Waals surface area contributed by atoms with Gasteiger partial charge in [0, 0.05) is 13.6 Å². The molecule has 0 aromatic heterocycles. The van der Waals surface area contributed by atoms with Gasteiger partial charge in [-0.1, -0.05) is 25.5 Å². The third kappa shape index (κ3) is 2.92. The molecule has 0 radical (unpaired) electrons.